The summed E-state index contributed by atoms with van der Waals surface area (Å²) in [6.45, 7) is 3.73. The topological polar surface area (TPSA) is 135 Å². The zero-order valence-corrected chi connectivity index (χ0v) is 31.3. The Kier molecular flexibility index (Phi) is 14.8. The number of aryl methyl sites for hydroxylation is 2. The average Bonchev–Trinajstić information content (AvgIpc) is 3.79. The highest BCUT2D eigenvalue weighted by molar-refractivity contribution is 14.1. The van der Waals surface area contributed by atoms with Gasteiger partial charge in [0.2, 0.25) is 0 Å². The second-order valence-electron chi connectivity index (χ2n) is 11.6. The number of ether oxygens (including phenoxy) is 2. The van der Waals surface area contributed by atoms with Crippen LogP contribution in [0.5, 0.6) is 11.5 Å². The van der Waals surface area contributed by atoms with Crippen molar-refractivity contribution >= 4 is 70.0 Å². The summed E-state index contributed by atoms with van der Waals surface area (Å²) in [7, 11) is 1.81. The molecule has 48 heavy (non-hydrogen) atoms. The van der Waals surface area contributed by atoms with E-state index in [1.54, 1.807) is 38.5 Å². The molecule has 256 valence electrons. The SMILES string of the molecule is COc1ccc(-c2c(Cl)nc(C)nc2NC2CCCC2)cc1.COc1ccc(B(O)O)cc1.Cc1nc(Cl)c(I)c(NC2CCCC2)n1. The number of benzene rings is 2. The fourth-order valence-corrected chi connectivity index (χ4v) is 6.51. The number of hydrogen-bond donors (Lipinski definition) is 4. The van der Waals surface area contributed by atoms with E-state index in [1.165, 1.54) is 51.4 Å². The summed E-state index contributed by atoms with van der Waals surface area (Å²) in [5, 5.41) is 25.4. The van der Waals surface area contributed by atoms with Crippen LogP contribution in [-0.2, 0) is 0 Å². The lowest BCUT2D eigenvalue weighted by Crippen LogP contribution is -2.29. The highest BCUT2D eigenvalue weighted by atomic mass is 127. The van der Waals surface area contributed by atoms with Gasteiger partial charge in [-0.2, -0.15) is 0 Å². The van der Waals surface area contributed by atoms with Crippen LogP contribution >= 0.6 is 45.8 Å². The molecule has 2 aromatic heterocycles. The van der Waals surface area contributed by atoms with Gasteiger partial charge in [0.1, 0.15) is 45.1 Å². The van der Waals surface area contributed by atoms with Crippen molar-refractivity contribution in [3.63, 3.8) is 0 Å². The van der Waals surface area contributed by atoms with Crippen LogP contribution in [0.1, 0.15) is 63.0 Å². The van der Waals surface area contributed by atoms with Crippen molar-refractivity contribution in [2.24, 2.45) is 0 Å². The number of rotatable bonds is 8. The zero-order chi connectivity index (χ0) is 34.6. The summed E-state index contributed by atoms with van der Waals surface area (Å²) >= 11 is 14.6. The van der Waals surface area contributed by atoms with E-state index in [4.69, 9.17) is 42.7 Å². The number of nitrogens with zero attached hydrogens (tertiary/aromatic N) is 4. The maximum absolute atomic E-state index is 8.70. The van der Waals surface area contributed by atoms with Crippen molar-refractivity contribution in [2.75, 3.05) is 24.9 Å². The number of methoxy groups -OCH3 is 2. The zero-order valence-electron chi connectivity index (χ0n) is 27.6. The van der Waals surface area contributed by atoms with Crippen molar-refractivity contribution in [2.45, 2.75) is 77.3 Å². The summed E-state index contributed by atoms with van der Waals surface area (Å²) in [5.41, 5.74) is 2.32. The third-order valence-electron chi connectivity index (χ3n) is 8.08. The lowest BCUT2D eigenvalue weighted by molar-refractivity contribution is 0.414. The number of aromatic nitrogens is 4. The molecule has 2 aromatic carbocycles. The first-order chi connectivity index (χ1) is 23.1. The minimum atomic E-state index is -1.40. The quantitative estimate of drug-likeness (QED) is 0.0821. The summed E-state index contributed by atoms with van der Waals surface area (Å²) in [6, 6.07) is 15.4. The van der Waals surface area contributed by atoms with Gasteiger partial charge in [-0.1, -0.05) is 73.2 Å². The van der Waals surface area contributed by atoms with E-state index in [0.29, 0.717) is 39.4 Å². The van der Waals surface area contributed by atoms with Crippen molar-refractivity contribution in [1.29, 1.82) is 0 Å². The average molecular weight is 807 g/mol. The molecule has 2 fully saturated rings. The highest BCUT2D eigenvalue weighted by Gasteiger charge is 2.20. The predicted molar refractivity (Wildman–Crippen MR) is 203 cm³/mol. The van der Waals surface area contributed by atoms with Crippen LogP contribution in [0, 0.1) is 17.4 Å². The van der Waals surface area contributed by atoms with Gasteiger partial charge in [0.05, 0.1) is 23.4 Å². The lowest BCUT2D eigenvalue weighted by atomic mass is 9.80. The minimum Gasteiger partial charge on any atom is -0.497 e. The Balaban J connectivity index is 0.000000174. The van der Waals surface area contributed by atoms with E-state index in [0.717, 1.165) is 37.9 Å². The Morgan fingerprint density at radius 2 is 1.12 bits per heavy atom. The lowest BCUT2D eigenvalue weighted by Gasteiger charge is -2.17. The Hall–Kier alpha value is -2.91. The summed E-state index contributed by atoms with van der Waals surface area (Å²) in [4.78, 5) is 17.4. The van der Waals surface area contributed by atoms with Gasteiger partial charge in [-0.25, -0.2) is 19.9 Å². The van der Waals surface area contributed by atoms with E-state index < -0.39 is 7.12 Å². The van der Waals surface area contributed by atoms with Crippen LogP contribution < -0.4 is 25.6 Å². The normalized spacial score (nSPS) is 14.4. The van der Waals surface area contributed by atoms with E-state index in [2.05, 4.69) is 53.2 Å². The Morgan fingerprint density at radius 3 is 1.60 bits per heavy atom. The molecule has 0 amide bonds. The minimum absolute atomic E-state index is 0.464. The van der Waals surface area contributed by atoms with Gasteiger partial charge >= 0.3 is 7.12 Å². The van der Waals surface area contributed by atoms with Crippen molar-refractivity contribution in [3.8, 4) is 22.6 Å². The van der Waals surface area contributed by atoms with Gasteiger partial charge < -0.3 is 30.2 Å². The largest absolute Gasteiger partial charge is 0.497 e. The molecule has 2 heterocycles. The summed E-state index contributed by atoms with van der Waals surface area (Å²) in [6.07, 6.45) is 10.00. The monoisotopic (exact) mass is 806 g/mol. The van der Waals surface area contributed by atoms with Gasteiger partial charge in [0.25, 0.3) is 0 Å². The fraction of sp³-hybridized carbons (Fsp3) is 0.412. The maximum atomic E-state index is 8.70. The Morgan fingerprint density at radius 1 is 0.688 bits per heavy atom. The number of nitrogens with one attached hydrogen (secondary N) is 2. The molecular formula is C34H42BCl2IN6O4. The number of halogens is 3. The molecule has 0 unspecified atom stereocenters. The second kappa shape index (κ2) is 18.7. The van der Waals surface area contributed by atoms with Gasteiger partial charge in [-0.15, -0.1) is 0 Å². The van der Waals surface area contributed by atoms with E-state index in [-0.39, 0.29) is 0 Å². The molecule has 2 aliphatic rings. The molecular weight excluding hydrogens is 765 g/mol. The van der Waals surface area contributed by atoms with Crippen LogP contribution in [0.2, 0.25) is 10.3 Å². The number of anilines is 2. The Labute approximate surface area is 306 Å². The Bertz CT molecular complexity index is 1610. The third kappa shape index (κ3) is 11.1. The van der Waals surface area contributed by atoms with Gasteiger partial charge in [-0.05, 0) is 97.4 Å². The third-order valence-corrected chi connectivity index (χ3v) is 9.97. The predicted octanol–water partition coefficient (Wildman–Crippen LogP) is 7.24. The smallest absolute Gasteiger partial charge is 0.488 e. The first kappa shape index (κ1) is 37.9. The number of hydrogen-bond acceptors (Lipinski definition) is 10. The first-order valence-electron chi connectivity index (χ1n) is 16.0. The van der Waals surface area contributed by atoms with Gasteiger partial charge in [0.15, 0.2) is 0 Å². The molecule has 6 rings (SSSR count). The fourth-order valence-electron chi connectivity index (χ4n) is 5.58. The van der Waals surface area contributed by atoms with Gasteiger partial charge in [0, 0.05) is 12.1 Å². The van der Waals surface area contributed by atoms with Crippen LogP contribution in [0.4, 0.5) is 11.6 Å². The molecule has 4 N–H and O–H groups in total. The van der Waals surface area contributed by atoms with Crippen molar-refractivity contribution < 1.29 is 19.5 Å². The van der Waals surface area contributed by atoms with Crippen LogP contribution in [0.25, 0.3) is 11.1 Å². The summed E-state index contributed by atoms with van der Waals surface area (Å²) < 4.78 is 11.0. The second-order valence-corrected chi connectivity index (χ2v) is 13.4. The molecule has 0 saturated heterocycles. The maximum Gasteiger partial charge on any atom is 0.488 e. The molecule has 2 saturated carbocycles. The molecule has 0 radical (unpaired) electrons. The van der Waals surface area contributed by atoms with Gasteiger partial charge in [-0.3, -0.25) is 0 Å². The van der Waals surface area contributed by atoms with Crippen molar-refractivity contribution in [3.05, 3.63) is 74.1 Å². The molecule has 10 nitrogen and oxygen atoms in total. The first-order valence-corrected chi connectivity index (χ1v) is 17.8. The van der Waals surface area contributed by atoms with Crippen LogP contribution in [-0.4, -0.2) is 63.4 Å². The van der Waals surface area contributed by atoms with Crippen LogP contribution in [0.3, 0.4) is 0 Å². The molecule has 0 bridgehead atoms. The highest BCUT2D eigenvalue weighted by Crippen LogP contribution is 2.35. The van der Waals surface area contributed by atoms with Crippen molar-refractivity contribution in [1.82, 2.24) is 19.9 Å². The summed E-state index contributed by atoms with van der Waals surface area (Å²) in [5.74, 6) is 4.64. The van der Waals surface area contributed by atoms with Crippen LogP contribution in [0.15, 0.2) is 48.5 Å². The molecule has 4 aromatic rings. The van der Waals surface area contributed by atoms with E-state index >= 15 is 0 Å². The molecule has 14 heteroatoms. The van der Waals surface area contributed by atoms with E-state index in [1.807, 2.05) is 38.1 Å². The standard InChI is InChI=1S/C17H20ClN3O.C10H13ClIN3.C7H9BO3/c1-11-19-16(18)15(12-7-9-14(22-2)10-8-12)17(20-11)21-13-5-3-4-6-13;1-6-13-9(11)8(12)10(14-6)15-7-4-2-3-5-7;1-11-7-4-2-6(3-5-7)8(9)10/h7-10,13H,3-6H2,1-2H3,(H,19,20,21);7H,2-5H2,1H3,(H,13,14,15);2-5,9-10H,1H3. The molecule has 2 aliphatic carbocycles. The molecule has 0 atom stereocenters. The molecule has 0 spiro atoms. The van der Waals surface area contributed by atoms with E-state index in [9.17, 15) is 0 Å². The molecule has 0 aliphatic heterocycles.